The van der Waals surface area contributed by atoms with Crippen LogP contribution in [0.25, 0.3) is 0 Å². The zero-order chi connectivity index (χ0) is 7.07. The average molecular weight is 141 g/mol. The van der Waals surface area contributed by atoms with Gasteiger partial charge in [0.05, 0.1) is 0 Å². The quantitative estimate of drug-likeness (QED) is 0.443. The Balaban J connectivity index is 0.0000001000. The standard InChI is InChI=1S/C4H9N.C3H6N2/c2*1-2-4-5-3-1/h5H,1-4H2;1-2,4-5H,3H2. The van der Waals surface area contributed by atoms with Crippen molar-refractivity contribution < 1.29 is 0 Å². The third kappa shape index (κ3) is 3.48. The van der Waals surface area contributed by atoms with E-state index in [9.17, 15) is 0 Å². The normalized spacial score (nSPS) is 21.6. The lowest BCUT2D eigenvalue weighted by Gasteiger charge is -1.83. The fraction of sp³-hybridized carbons (Fsp3) is 0.714. The topological polar surface area (TPSA) is 36.1 Å². The predicted molar refractivity (Wildman–Crippen MR) is 42.4 cm³/mol. The fourth-order valence-electron chi connectivity index (χ4n) is 0.920. The first-order valence-electron chi connectivity index (χ1n) is 3.84. The Labute approximate surface area is 61.9 Å². The van der Waals surface area contributed by atoms with Crippen LogP contribution in [0, 0.1) is 0 Å². The van der Waals surface area contributed by atoms with Crippen molar-refractivity contribution in [2.75, 3.05) is 19.6 Å². The van der Waals surface area contributed by atoms with E-state index < -0.39 is 0 Å². The van der Waals surface area contributed by atoms with Crippen molar-refractivity contribution in [3.63, 3.8) is 0 Å². The van der Waals surface area contributed by atoms with Crippen LogP contribution in [0.2, 0.25) is 0 Å². The molecule has 0 saturated carbocycles. The van der Waals surface area contributed by atoms with Gasteiger partial charge < -0.3 is 10.7 Å². The molecule has 58 valence electrons. The van der Waals surface area contributed by atoms with E-state index in [0.717, 1.165) is 6.54 Å². The van der Waals surface area contributed by atoms with E-state index in [1.165, 1.54) is 25.9 Å². The third-order valence-corrected chi connectivity index (χ3v) is 1.48. The molecule has 0 aromatic carbocycles. The Hall–Kier alpha value is -0.540. The number of rotatable bonds is 0. The highest BCUT2D eigenvalue weighted by Gasteiger charge is 1.93. The summed E-state index contributed by atoms with van der Waals surface area (Å²) in [5, 5.41) is 3.22. The zero-order valence-electron chi connectivity index (χ0n) is 6.19. The van der Waals surface area contributed by atoms with Gasteiger partial charge in [-0.25, -0.2) is 5.43 Å². The summed E-state index contributed by atoms with van der Waals surface area (Å²) in [6.45, 7) is 3.46. The second kappa shape index (κ2) is 5.26. The minimum Gasteiger partial charge on any atom is -0.329 e. The Kier molecular flexibility index (Phi) is 3.98. The summed E-state index contributed by atoms with van der Waals surface area (Å²) in [7, 11) is 0. The van der Waals surface area contributed by atoms with Crippen LogP contribution in [-0.2, 0) is 0 Å². The van der Waals surface area contributed by atoms with Gasteiger partial charge in [0.15, 0.2) is 0 Å². The fourth-order valence-corrected chi connectivity index (χ4v) is 0.920. The van der Waals surface area contributed by atoms with Gasteiger partial charge in [-0.1, -0.05) is 6.08 Å². The van der Waals surface area contributed by atoms with E-state index in [0.29, 0.717) is 0 Å². The van der Waals surface area contributed by atoms with Gasteiger partial charge in [0.2, 0.25) is 0 Å². The summed E-state index contributed by atoms with van der Waals surface area (Å²) in [5.74, 6) is 0. The van der Waals surface area contributed by atoms with Crippen LogP contribution < -0.4 is 16.2 Å². The molecule has 0 radical (unpaired) electrons. The summed E-state index contributed by atoms with van der Waals surface area (Å²) in [6.07, 6.45) is 6.67. The van der Waals surface area contributed by atoms with Crippen molar-refractivity contribution in [1.29, 1.82) is 0 Å². The smallest absolute Gasteiger partial charge is 0.0345 e. The highest BCUT2D eigenvalue weighted by Crippen LogP contribution is 1.90. The van der Waals surface area contributed by atoms with E-state index in [4.69, 9.17) is 0 Å². The van der Waals surface area contributed by atoms with Crippen LogP contribution in [0.5, 0.6) is 0 Å². The van der Waals surface area contributed by atoms with Crippen molar-refractivity contribution in [2.24, 2.45) is 0 Å². The van der Waals surface area contributed by atoms with Gasteiger partial charge in [-0.15, -0.1) is 0 Å². The maximum Gasteiger partial charge on any atom is 0.0345 e. The molecule has 0 aliphatic carbocycles. The van der Waals surface area contributed by atoms with Crippen LogP contribution in [0.4, 0.5) is 0 Å². The molecule has 3 nitrogen and oxygen atoms in total. The minimum absolute atomic E-state index is 0.958. The number of hydrogen-bond acceptors (Lipinski definition) is 3. The van der Waals surface area contributed by atoms with Crippen molar-refractivity contribution in [2.45, 2.75) is 12.8 Å². The molecular weight excluding hydrogens is 126 g/mol. The maximum absolute atomic E-state index is 3.22. The Morgan fingerprint density at radius 1 is 1.10 bits per heavy atom. The Morgan fingerprint density at radius 3 is 2.10 bits per heavy atom. The molecule has 2 heterocycles. The Morgan fingerprint density at radius 2 is 1.90 bits per heavy atom. The molecule has 0 aromatic rings. The van der Waals surface area contributed by atoms with Crippen LogP contribution in [0.1, 0.15) is 12.8 Å². The highest BCUT2D eigenvalue weighted by molar-refractivity contribution is 4.85. The van der Waals surface area contributed by atoms with Crippen molar-refractivity contribution >= 4 is 0 Å². The molecule has 0 amide bonds. The van der Waals surface area contributed by atoms with Gasteiger partial charge in [-0.3, -0.25) is 0 Å². The van der Waals surface area contributed by atoms with E-state index in [1.54, 1.807) is 0 Å². The molecule has 3 heteroatoms. The van der Waals surface area contributed by atoms with Crippen molar-refractivity contribution in [1.82, 2.24) is 16.2 Å². The first-order chi connectivity index (χ1) is 5.00. The molecule has 10 heavy (non-hydrogen) atoms. The monoisotopic (exact) mass is 141 g/mol. The number of hydrogen-bond donors (Lipinski definition) is 3. The summed E-state index contributed by atoms with van der Waals surface area (Å²) in [6, 6.07) is 0. The first-order valence-corrected chi connectivity index (χ1v) is 3.84. The largest absolute Gasteiger partial charge is 0.329 e. The molecule has 1 saturated heterocycles. The van der Waals surface area contributed by atoms with Gasteiger partial charge in [-0.05, 0) is 25.9 Å². The molecule has 1 fully saturated rings. The maximum atomic E-state index is 3.22. The SMILES string of the molecule is C1=CNNC1.C1CCNC1. The second-order valence-corrected chi connectivity index (χ2v) is 2.38. The lowest BCUT2D eigenvalue weighted by molar-refractivity contribution is 0.727. The second-order valence-electron chi connectivity index (χ2n) is 2.38. The third-order valence-electron chi connectivity index (χ3n) is 1.48. The van der Waals surface area contributed by atoms with Crippen LogP contribution in [-0.4, -0.2) is 19.6 Å². The van der Waals surface area contributed by atoms with Gasteiger partial charge in [0, 0.05) is 12.7 Å². The number of hydrazine groups is 1. The summed E-state index contributed by atoms with van der Waals surface area (Å²) >= 11 is 0. The first kappa shape index (κ1) is 7.57. The molecule has 0 atom stereocenters. The molecule has 3 N–H and O–H groups in total. The lowest BCUT2D eigenvalue weighted by Crippen LogP contribution is -2.19. The summed E-state index contributed by atoms with van der Waals surface area (Å²) in [4.78, 5) is 0. The molecule has 0 aromatic heterocycles. The van der Waals surface area contributed by atoms with Gasteiger partial charge >= 0.3 is 0 Å². The summed E-state index contributed by atoms with van der Waals surface area (Å²) < 4.78 is 0. The van der Waals surface area contributed by atoms with Gasteiger partial charge in [-0.2, -0.15) is 0 Å². The molecule has 2 aliphatic heterocycles. The summed E-state index contributed by atoms with van der Waals surface area (Å²) in [5.41, 5.74) is 5.65. The molecule has 2 aliphatic rings. The zero-order valence-corrected chi connectivity index (χ0v) is 6.19. The van der Waals surface area contributed by atoms with Crippen LogP contribution in [0.15, 0.2) is 12.3 Å². The van der Waals surface area contributed by atoms with Gasteiger partial charge in [0.1, 0.15) is 0 Å². The average Bonchev–Trinajstić information content (AvgIpc) is 2.67. The minimum atomic E-state index is 0.958. The Bertz CT molecular complexity index is 83.4. The molecule has 0 bridgehead atoms. The lowest BCUT2D eigenvalue weighted by atomic mass is 10.4. The van der Waals surface area contributed by atoms with Gasteiger partial charge in [0.25, 0.3) is 0 Å². The molecular formula is C7H15N3. The number of nitrogens with one attached hydrogen (secondary N) is 3. The molecule has 0 unspecified atom stereocenters. The van der Waals surface area contributed by atoms with E-state index in [1.807, 2.05) is 12.3 Å². The van der Waals surface area contributed by atoms with Crippen molar-refractivity contribution in [3.8, 4) is 0 Å². The van der Waals surface area contributed by atoms with E-state index >= 15 is 0 Å². The molecule has 0 spiro atoms. The van der Waals surface area contributed by atoms with Crippen LogP contribution >= 0.6 is 0 Å². The van der Waals surface area contributed by atoms with Crippen molar-refractivity contribution in [3.05, 3.63) is 12.3 Å². The van der Waals surface area contributed by atoms with E-state index in [-0.39, 0.29) is 0 Å². The van der Waals surface area contributed by atoms with Crippen LogP contribution in [0.3, 0.4) is 0 Å². The predicted octanol–water partition coefficient (Wildman–Crippen LogP) is -0.0223. The van der Waals surface area contributed by atoms with E-state index in [2.05, 4.69) is 16.2 Å². The molecule has 2 rings (SSSR count). The highest BCUT2D eigenvalue weighted by atomic mass is 15.4.